The number of nitrogens with zero attached hydrogens (tertiary/aromatic N) is 3. The van der Waals surface area contributed by atoms with E-state index in [0.717, 1.165) is 24.2 Å². The molecule has 112 valence electrons. The Morgan fingerprint density at radius 2 is 1.95 bits per heavy atom. The highest BCUT2D eigenvalue weighted by atomic mass is 15.3. The second kappa shape index (κ2) is 6.37. The molecule has 1 atom stereocenters. The fraction of sp³-hybridized carbons (Fsp3) is 0.714. The summed E-state index contributed by atoms with van der Waals surface area (Å²) in [6, 6.07) is 3.09. The van der Waals surface area contributed by atoms with Gasteiger partial charge in [-0.15, -0.1) is 0 Å². The molecule has 0 saturated heterocycles. The molecule has 0 aromatic carbocycles. The van der Waals surface area contributed by atoms with Crippen LogP contribution in [-0.4, -0.2) is 40.5 Å². The van der Waals surface area contributed by atoms with Crippen molar-refractivity contribution >= 4 is 11.6 Å². The molecular weight excluding hydrogens is 252 g/mol. The molecule has 20 heavy (non-hydrogen) atoms. The van der Waals surface area contributed by atoms with E-state index in [9.17, 15) is 0 Å². The summed E-state index contributed by atoms with van der Waals surface area (Å²) in [6.07, 6.45) is 2.65. The molecule has 1 aliphatic carbocycles. The monoisotopic (exact) mass is 278 g/mol. The average molecular weight is 278 g/mol. The summed E-state index contributed by atoms with van der Waals surface area (Å²) in [4.78, 5) is 11.3. The predicted molar refractivity (Wildman–Crippen MR) is 82.7 cm³/mol. The number of nitrogens with one attached hydrogen (secondary N) is 2. The maximum Gasteiger partial charge on any atom is 0.145 e. The number of nitrogens with two attached hydrogens (primary N) is 1. The van der Waals surface area contributed by atoms with Crippen molar-refractivity contribution in [3.8, 4) is 0 Å². The fourth-order valence-corrected chi connectivity index (χ4v) is 2.13. The van der Waals surface area contributed by atoms with Crippen molar-refractivity contribution in [1.82, 2.24) is 14.9 Å². The van der Waals surface area contributed by atoms with Gasteiger partial charge >= 0.3 is 0 Å². The third kappa shape index (κ3) is 3.80. The van der Waals surface area contributed by atoms with Crippen LogP contribution in [0.4, 0.5) is 11.6 Å². The Bertz CT molecular complexity index is 443. The molecule has 1 aromatic rings. The molecule has 0 aliphatic heterocycles. The maximum atomic E-state index is 5.46. The van der Waals surface area contributed by atoms with Crippen LogP contribution in [-0.2, 0) is 0 Å². The number of rotatable bonds is 7. The Morgan fingerprint density at radius 3 is 2.50 bits per heavy atom. The van der Waals surface area contributed by atoms with E-state index in [0.29, 0.717) is 11.9 Å². The summed E-state index contributed by atoms with van der Waals surface area (Å²) in [5.41, 5.74) is 2.60. The zero-order valence-corrected chi connectivity index (χ0v) is 12.8. The van der Waals surface area contributed by atoms with Crippen LogP contribution in [0.15, 0.2) is 6.07 Å². The molecule has 6 nitrogen and oxygen atoms in total. The van der Waals surface area contributed by atoms with Crippen molar-refractivity contribution in [2.45, 2.75) is 51.6 Å². The Kier molecular flexibility index (Phi) is 4.77. The summed E-state index contributed by atoms with van der Waals surface area (Å²) < 4.78 is 0. The van der Waals surface area contributed by atoms with Crippen molar-refractivity contribution in [2.75, 3.05) is 24.3 Å². The van der Waals surface area contributed by atoms with Crippen molar-refractivity contribution in [1.29, 1.82) is 0 Å². The normalized spacial score (nSPS) is 16.6. The molecule has 2 rings (SSSR count). The average Bonchev–Trinajstić information content (AvgIpc) is 3.27. The van der Waals surface area contributed by atoms with Gasteiger partial charge < -0.3 is 10.7 Å². The molecule has 1 unspecified atom stereocenters. The van der Waals surface area contributed by atoms with Gasteiger partial charge in [0.1, 0.15) is 17.5 Å². The van der Waals surface area contributed by atoms with E-state index in [1.807, 2.05) is 6.07 Å². The van der Waals surface area contributed by atoms with Crippen molar-refractivity contribution in [3.05, 3.63) is 11.9 Å². The minimum atomic E-state index is 0.274. The second-order valence-corrected chi connectivity index (χ2v) is 5.92. The molecular formula is C14H26N6. The van der Waals surface area contributed by atoms with Gasteiger partial charge in [-0.1, -0.05) is 13.8 Å². The van der Waals surface area contributed by atoms with Crippen molar-refractivity contribution in [2.24, 2.45) is 5.84 Å². The molecule has 0 radical (unpaired) electrons. The first-order valence-electron chi connectivity index (χ1n) is 7.32. The van der Waals surface area contributed by atoms with E-state index in [4.69, 9.17) is 5.84 Å². The smallest absolute Gasteiger partial charge is 0.145 e. The van der Waals surface area contributed by atoms with Crippen LogP contribution in [0, 0.1) is 0 Å². The van der Waals surface area contributed by atoms with E-state index >= 15 is 0 Å². The Labute approximate surface area is 121 Å². The van der Waals surface area contributed by atoms with E-state index in [1.165, 1.54) is 12.8 Å². The number of nitrogen functional groups attached to an aromatic ring is 1. The maximum absolute atomic E-state index is 5.46. The molecule has 1 fully saturated rings. The largest absolute Gasteiger partial charge is 0.368 e. The minimum absolute atomic E-state index is 0.274. The number of anilines is 2. The molecule has 4 N–H and O–H groups in total. The number of hydrogen-bond donors (Lipinski definition) is 3. The van der Waals surface area contributed by atoms with Crippen LogP contribution in [0.3, 0.4) is 0 Å². The van der Waals surface area contributed by atoms with Crippen LogP contribution >= 0.6 is 0 Å². The highest BCUT2D eigenvalue weighted by Crippen LogP contribution is 2.27. The van der Waals surface area contributed by atoms with Crippen molar-refractivity contribution < 1.29 is 0 Å². The van der Waals surface area contributed by atoms with Gasteiger partial charge in [0.05, 0.1) is 0 Å². The first kappa shape index (κ1) is 15.0. The first-order chi connectivity index (χ1) is 9.51. The van der Waals surface area contributed by atoms with Crippen molar-refractivity contribution in [3.63, 3.8) is 0 Å². The van der Waals surface area contributed by atoms with Gasteiger partial charge in [0, 0.05) is 30.6 Å². The summed E-state index contributed by atoms with van der Waals surface area (Å²) >= 11 is 0. The SMILES string of the molecule is CC(C)c1nc(NN)cc(NCC(C)N(C)C2CC2)n1. The predicted octanol–water partition coefficient (Wildman–Crippen LogP) is 1.78. The van der Waals surface area contributed by atoms with Crippen LogP contribution in [0.1, 0.15) is 45.4 Å². The number of hydrogen-bond acceptors (Lipinski definition) is 6. The lowest BCUT2D eigenvalue weighted by molar-refractivity contribution is 0.257. The first-order valence-corrected chi connectivity index (χ1v) is 7.32. The summed E-state index contributed by atoms with van der Waals surface area (Å²) in [5.74, 6) is 8.01. The Morgan fingerprint density at radius 1 is 1.30 bits per heavy atom. The molecule has 1 aliphatic rings. The summed E-state index contributed by atoms with van der Waals surface area (Å²) in [7, 11) is 2.19. The van der Waals surface area contributed by atoms with E-state index < -0.39 is 0 Å². The van der Waals surface area contributed by atoms with E-state index in [1.54, 1.807) is 0 Å². The van der Waals surface area contributed by atoms with Gasteiger partial charge in [-0.25, -0.2) is 15.8 Å². The number of hydrazine groups is 1. The van der Waals surface area contributed by atoms with Gasteiger partial charge in [-0.3, -0.25) is 4.90 Å². The van der Waals surface area contributed by atoms with Crippen LogP contribution in [0.5, 0.6) is 0 Å². The lowest BCUT2D eigenvalue weighted by atomic mass is 10.2. The molecule has 6 heteroatoms. The molecule has 0 bridgehead atoms. The second-order valence-electron chi connectivity index (χ2n) is 5.92. The van der Waals surface area contributed by atoms with Gasteiger partial charge in [-0.05, 0) is 26.8 Å². The van der Waals surface area contributed by atoms with Gasteiger partial charge in [0.25, 0.3) is 0 Å². The quantitative estimate of drug-likeness (QED) is 0.521. The lowest BCUT2D eigenvalue weighted by Gasteiger charge is -2.25. The third-order valence-electron chi connectivity index (χ3n) is 3.80. The van der Waals surface area contributed by atoms with Gasteiger partial charge in [-0.2, -0.15) is 0 Å². The molecule has 1 saturated carbocycles. The standard InChI is InChI=1S/C14H26N6/c1-9(2)14-17-12(7-13(18-14)19-15)16-8-10(3)20(4)11-5-6-11/h7,9-11H,5-6,8,15H2,1-4H3,(H2,16,17,18,19). The Balaban J connectivity index is 1.98. The highest BCUT2D eigenvalue weighted by Gasteiger charge is 2.28. The number of likely N-dealkylation sites (N-methyl/N-ethyl adjacent to an activating group) is 1. The third-order valence-corrected chi connectivity index (χ3v) is 3.80. The Hall–Kier alpha value is -1.40. The highest BCUT2D eigenvalue weighted by molar-refractivity contribution is 5.47. The van der Waals surface area contributed by atoms with Crippen LogP contribution < -0.4 is 16.6 Å². The minimum Gasteiger partial charge on any atom is -0.368 e. The number of aromatic nitrogens is 2. The lowest BCUT2D eigenvalue weighted by Crippen LogP contribution is -2.36. The van der Waals surface area contributed by atoms with Gasteiger partial charge in [0.2, 0.25) is 0 Å². The van der Waals surface area contributed by atoms with Gasteiger partial charge in [0.15, 0.2) is 0 Å². The zero-order valence-electron chi connectivity index (χ0n) is 12.8. The molecule has 1 heterocycles. The molecule has 1 aromatic heterocycles. The summed E-state index contributed by atoms with van der Waals surface area (Å²) in [6.45, 7) is 7.25. The van der Waals surface area contributed by atoms with Crippen LogP contribution in [0.2, 0.25) is 0 Å². The van der Waals surface area contributed by atoms with Crippen LogP contribution in [0.25, 0.3) is 0 Å². The molecule has 0 amide bonds. The fourth-order valence-electron chi connectivity index (χ4n) is 2.13. The summed E-state index contributed by atoms with van der Waals surface area (Å²) in [5, 5.41) is 3.39. The topological polar surface area (TPSA) is 79.1 Å². The van der Waals surface area contributed by atoms with E-state index in [-0.39, 0.29) is 5.92 Å². The van der Waals surface area contributed by atoms with E-state index in [2.05, 4.69) is 53.4 Å². The molecule has 0 spiro atoms. The zero-order chi connectivity index (χ0) is 14.7.